The largest absolute Gasteiger partial charge is 0.479 e. The average molecular weight is 252 g/mol. The number of hydrogen-bond donors (Lipinski definition) is 3. The van der Waals surface area contributed by atoms with E-state index in [1.165, 1.54) is 19.3 Å². The van der Waals surface area contributed by atoms with Crippen LogP contribution in [0.4, 0.5) is 4.79 Å². The normalized spacial score (nSPS) is 14.1. The van der Waals surface area contributed by atoms with Gasteiger partial charge in [0.05, 0.1) is 6.26 Å². The molecular weight excluding hydrogens is 236 g/mol. The van der Waals surface area contributed by atoms with Gasteiger partial charge in [-0.25, -0.2) is 9.59 Å². The summed E-state index contributed by atoms with van der Waals surface area (Å²) in [5, 5.41) is 14.1. The fourth-order valence-electron chi connectivity index (χ4n) is 1.32. The number of nitrogens with one attached hydrogen (secondary N) is 2. The van der Waals surface area contributed by atoms with Gasteiger partial charge in [-0.1, -0.05) is 12.2 Å². The molecule has 0 aliphatic heterocycles. The smallest absolute Gasteiger partial charge is 0.337 e. The zero-order chi connectivity index (χ0) is 13.6. The SMILES string of the molecule is C/C=C/CNC(=O)NC(C)(C(=O)O)c1ccco1. The molecule has 1 rings (SSSR count). The van der Waals surface area contributed by atoms with Gasteiger partial charge in [0.25, 0.3) is 0 Å². The minimum absolute atomic E-state index is 0.163. The minimum Gasteiger partial charge on any atom is -0.479 e. The Balaban J connectivity index is 2.75. The van der Waals surface area contributed by atoms with Gasteiger partial charge in [-0.2, -0.15) is 0 Å². The molecule has 3 N–H and O–H groups in total. The first kappa shape index (κ1) is 13.8. The van der Waals surface area contributed by atoms with Crippen molar-refractivity contribution < 1.29 is 19.1 Å². The number of carboxylic acids is 1. The third kappa shape index (κ3) is 3.13. The van der Waals surface area contributed by atoms with Crippen molar-refractivity contribution in [1.82, 2.24) is 10.6 Å². The van der Waals surface area contributed by atoms with E-state index in [0.29, 0.717) is 6.54 Å². The minimum atomic E-state index is -1.59. The highest BCUT2D eigenvalue weighted by Crippen LogP contribution is 2.21. The van der Waals surface area contributed by atoms with Crippen LogP contribution in [0.3, 0.4) is 0 Å². The predicted molar refractivity (Wildman–Crippen MR) is 65.0 cm³/mol. The summed E-state index contributed by atoms with van der Waals surface area (Å²) in [5.41, 5.74) is -1.59. The highest BCUT2D eigenvalue weighted by molar-refractivity contribution is 5.86. The van der Waals surface area contributed by atoms with E-state index in [2.05, 4.69) is 10.6 Å². The molecule has 0 aliphatic carbocycles. The van der Waals surface area contributed by atoms with Crippen molar-refractivity contribution in [3.05, 3.63) is 36.3 Å². The summed E-state index contributed by atoms with van der Waals surface area (Å²) in [6.45, 7) is 3.52. The zero-order valence-electron chi connectivity index (χ0n) is 10.3. The van der Waals surface area contributed by atoms with Crippen molar-refractivity contribution in [1.29, 1.82) is 0 Å². The Bertz CT molecular complexity index is 439. The van der Waals surface area contributed by atoms with Crippen LogP contribution >= 0.6 is 0 Å². The average Bonchev–Trinajstić information content (AvgIpc) is 2.82. The number of hydrogen-bond acceptors (Lipinski definition) is 3. The predicted octanol–water partition coefficient (Wildman–Crippen LogP) is 1.45. The van der Waals surface area contributed by atoms with E-state index >= 15 is 0 Å². The first-order chi connectivity index (χ1) is 8.50. The lowest BCUT2D eigenvalue weighted by Gasteiger charge is -2.23. The van der Waals surface area contributed by atoms with E-state index in [1.807, 2.05) is 6.92 Å². The van der Waals surface area contributed by atoms with Crippen LogP contribution in [0.15, 0.2) is 35.0 Å². The van der Waals surface area contributed by atoms with Crippen LogP contribution in [0.1, 0.15) is 19.6 Å². The van der Waals surface area contributed by atoms with Crippen molar-refractivity contribution in [3.63, 3.8) is 0 Å². The maximum absolute atomic E-state index is 11.6. The molecule has 0 fully saturated rings. The number of aliphatic carboxylic acids is 1. The van der Waals surface area contributed by atoms with Crippen molar-refractivity contribution in [3.8, 4) is 0 Å². The number of rotatable bonds is 5. The van der Waals surface area contributed by atoms with E-state index in [1.54, 1.807) is 18.2 Å². The summed E-state index contributed by atoms with van der Waals surface area (Å²) in [7, 11) is 0. The Labute approximate surface area is 105 Å². The molecule has 1 unspecified atom stereocenters. The lowest BCUT2D eigenvalue weighted by Crippen LogP contribution is -2.52. The Hall–Kier alpha value is -2.24. The summed E-state index contributed by atoms with van der Waals surface area (Å²) in [5.74, 6) is -1.03. The summed E-state index contributed by atoms with van der Waals surface area (Å²) in [4.78, 5) is 22.8. The first-order valence-electron chi connectivity index (χ1n) is 5.45. The quantitative estimate of drug-likeness (QED) is 0.692. The van der Waals surface area contributed by atoms with Gasteiger partial charge in [0.2, 0.25) is 0 Å². The molecule has 0 aliphatic rings. The van der Waals surface area contributed by atoms with Crippen LogP contribution in [0.5, 0.6) is 0 Å². The van der Waals surface area contributed by atoms with Gasteiger partial charge in [-0.05, 0) is 26.0 Å². The van der Waals surface area contributed by atoms with Gasteiger partial charge < -0.3 is 20.2 Å². The van der Waals surface area contributed by atoms with E-state index in [-0.39, 0.29) is 5.76 Å². The van der Waals surface area contributed by atoms with Gasteiger partial charge in [0, 0.05) is 6.54 Å². The highest BCUT2D eigenvalue weighted by Gasteiger charge is 2.39. The van der Waals surface area contributed by atoms with Crippen molar-refractivity contribution >= 4 is 12.0 Å². The molecule has 1 aromatic rings. The molecule has 0 aromatic carbocycles. The lowest BCUT2D eigenvalue weighted by molar-refractivity contribution is -0.144. The standard InChI is InChI=1S/C12H16N2O4/c1-3-4-7-13-11(17)14-12(2,10(15)16)9-6-5-8-18-9/h3-6,8H,7H2,1-2H3,(H,15,16)(H2,13,14,17)/b4-3+. The monoisotopic (exact) mass is 252 g/mol. The number of carbonyl (C=O) groups is 2. The van der Waals surface area contributed by atoms with E-state index in [4.69, 9.17) is 4.42 Å². The molecular formula is C12H16N2O4. The van der Waals surface area contributed by atoms with Gasteiger partial charge in [0.15, 0.2) is 5.54 Å². The third-order valence-corrected chi connectivity index (χ3v) is 2.42. The van der Waals surface area contributed by atoms with Gasteiger partial charge >= 0.3 is 12.0 Å². The molecule has 0 saturated carbocycles. The third-order valence-electron chi connectivity index (χ3n) is 2.42. The van der Waals surface area contributed by atoms with Gasteiger partial charge in [0.1, 0.15) is 5.76 Å². The van der Waals surface area contributed by atoms with Crippen LogP contribution < -0.4 is 10.6 Å². The highest BCUT2D eigenvalue weighted by atomic mass is 16.4. The second-order valence-electron chi connectivity index (χ2n) is 3.81. The number of carboxylic acid groups (broad SMARTS) is 1. The summed E-state index contributed by atoms with van der Waals surface area (Å²) in [6.07, 6.45) is 4.88. The number of urea groups is 1. The van der Waals surface area contributed by atoms with Crippen molar-refractivity contribution in [2.75, 3.05) is 6.54 Å². The number of carbonyl (C=O) groups excluding carboxylic acids is 1. The molecule has 1 heterocycles. The Kier molecular flexibility index (Phi) is 4.53. The van der Waals surface area contributed by atoms with E-state index in [9.17, 15) is 14.7 Å². The van der Waals surface area contributed by atoms with Crippen LogP contribution in [-0.2, 0) is 10.3 Å². The zero-order valence-corrected chi connectivity index (χ0v) is 10.3. The maximum atomic E-state index is 11.6. The molecule has 1 atom stereocenters. The second-order valence-corrected chi connectivity index (χ2v) is 3.81. The molecule has 1 aromatic heterocycles. The molecule has 6 heteroatoms. The molecule has 0 radical (unpaired) electrons. The summed E-state index contributed by atoms with van der Waals surface area (Å²) < 4.78 is 5.05. The number of furan rings is 1. The summed E-state index contributed by atoms with van der Waals surface area (Å²) in [6, 6.07) is 2.49. The topological polar surface area (TPSA) is 91.6 Å². The van der Waals surface area contributed by atoms with Gasteiger partial charge in [-0.3, -0.25) is 0 Å². The van der Waals surface area contributed by atoms with Crippen LogP contribution in [0.25, 0.3) is 0 Å². The van der Waals surface area contributed by atoms with E-state index in [0.717, 1.165) is 0 Å². The Morgan fingerprint density at radius 2 is 2.28 bits per heavy atom. The van der Waals surface area contributed by atoms with Crippen LogP contribution in [0.2, 0.25) is 0 Å². The van der Waals surface area contributed by atoms with E-state index < -0.39 is 17.5 Å². The van der Waals surface area contributed by atoms with Crippen molar-refractivity contribution in [2.24, 2.45) is 0 Å². The molecule has 98 valence electrons. The second kappa shape index (κ2) is 5.90. The molecule has 6 nitrogen and oxygen atoms in total. The maximum Gasteiger partial charge on any atom is 0.337 e. The molecule has 2 amide bonds. The molecule has 18 heavy (non-hydrogen) atoms. The fourth-order valence-corrected chi connectivity index (χ4v) is 1.32. The van der Waals surface area contributed by atoms with Crippen molar-refractivity contribution in [2.45, 2.75) is 19.4 Å². The molecule has 0 spiro atoms. The molecule has 0 saturated heterocycles. The number of amides is 2. The van der Waals surface area contributed by atoms with Crippen LogP contribution in [0, 0.1) is 0 Å². The fraction of sp³-hybridized carbons (Fsp3) is 0.333. The van der Waals surface area contributed by atoms with Crippen LogP contribution in [-0.4, -0.2) is 23.7 Å². The van der Waals surface area contributed by atoms with Gasteiger partial charge in [-0.15, -0.1) is 0 Å². The molecule has 0 bridgehead atoms. The lowest BCUT2D eigenvalue weighted by atomic mass is 9.99. The Morgan fingerprint density at radius 3 is 2.78 bits per heavy atom. The first-order valence-corrected chi connectivity index (χ1v) is 5.45. The Morgan fingerprint density at radius 1 is 1.56 bits per heavy atom. The summed E-state index contributed by atoms with van der Waals surface area (Å²) >= 11 is 0. The number of allylic oxidation sites excluding steroid dienone is 1.